The molecular formula is C36H66N2O2. The van der Waals surface area contributed by atoms with Crippen molar-refractivity contribution in [3.63, 3.8) is 0 Å². The Balaban J connectivity index is 2.59. The van der Waals surface area contributed by atoms with E-state index >= 15 is 0 Å². The van der Waals surface area contributed by atoms with E-state index in [1.165, 1.54) is 154 Å². The normalized spacial score (nSPS) is 20.6. The van der Waals surface area contributed by atoms with Gasteiger partial charge >= 0.3 is 0 Å². The Morgan fingerprint density at radius 3 is 1.00 bits per heavy atom. The van der Waals surface area contributed by atoms with E-state index in [4.69, 9.17) is 0 Å². The maximum atomic E-state index is 10.2. The smallest absolute Gasteiger partial charge is 0.211 e. The van der Waals surface area contributed by atoms with Crippen molar-refractivity contribution < 1.29 is 9.59 Å². The van der Waals surface area contributed by atoms with E-state index < -0.39 is 0 Å². The van der Waals surface area contributed by atoms with Gasteiger partial charge in [0.15, 0.2) is 0 Å². The fourth-order valence-electron chi connectivity index (χ4n) is 7.33. The minimum Gasteiger partial charge on any atom is -0.211 e. The molecule has 40 heavy (non-hydrogen) atoms. The summed E-state index contributed by atoms with van der Waals surface area (Å²) in [4.78, 5) is 27.8. The lowest BCUT2D eigenvalue weighted by molar-refractivity contribution is 0.0814. The molecular weight excluding hydrogens is 492 g/mol. The quantitative estimate of drug-likeness (QED) is 0.0544. The summed E-state index contributed by atoms with van der Waals surface area (Å²) in [5.41, 5.74) is 0. The second-order valence-electron chi connectivity index (χ2n) is 13.0. The molecule has 0 bridgehead atoms. The minimum absolute atomic E-state index is 0.654. The lowest BCUT2D eigenvalue weighted by Crippen LogP contribution is -2.32. The van der Waals surface area contributed by atoms with Crippen molar-refractivity contribution in [2.75, 3.05) is 13.1 Å². The average Bonchev–Trinajstić information content (AvgIpc) is 2.97. The second-order valence-corrected chi connectivity index (χ2v) is 13.0. The molecule has 0 saturated heterocycles. The molecule has 0 aliphatic heterocycles. The van der Waals surface area contributed by atoms with Gasteiger partial charge in [-0.05, 0) is 49.4 Å². The molecule has 4 unspecified atom stereocenters. The van der Waals surface area contributed by atoms with E-state index in [0.29, 0.717) is 13.1 Å². The molecule has 0 spiro atoms. The first-order valence-electron chi connectivity index (χ1n) is 17.8. The van der Waals surface area contributed by atoms with Gasteiger partial charge in [0.25, 0.3) is 0 Å². The highest BCUT2D eigenvalue weighted by Crippen LogP contribution is 2.46. The Hall–Kier alpha value is -1.24. The van der Waals surface area contributed by atoms with Crippen molar-refractivity contribution in [2.24, 2.45) is 33.7 Å². The van der Waals surface area contributed by atoms with Gasteiger partial charge in [-0.1, -0.05) is 155 Å². The second kappa shape index (κ2) is 27.9. The van der Waals surface area contributed by atoms with Crippen LogP contribution in [-0.4, -0.2) is 25.2 Å². The van der Waals surface area contributed by atoms with Gasteiger partial charge < -0.3 is 0 Å². The summed E-state index contributed by atoms with van der Waals surface area (Å²) < 4.78 is 0. The molecule has 1 saturated carbocycles. The van der Waals surface area contributed by atoms with Gasteiger partial charge in [-0.2, -0.15) is 0 Å². The van der Waals surface area contributed by atoms with Crippen LogP contribution in [-0.2, 0) is 9.59 Å². The maximum absolute atomic E-state index is 10.2. The predicted octanol–water partition coefficient (Wildman–Crippen LogP) is 11.3. The molecule has 0 heterocycles. The van der Waals surface area contributed by atoms with Gasteiger partial charge in [0, 0.05) is 0 Å². The zero-order valence-corrected chi connectivity index (χ0v) is 26.8. The average molecular weight is 559 g/mol. The highest BCUT2D eigenvalue weighted by Gasteiger charge is 2.35. The SMILES string of the molecule is CCCCCCC1CC(CCCCCCCCN=C=O)C(CCCCCCCCN=C=O)CC1CCCCCC. The number of aliphatic imine (C=N–C) groups is 2. The molecule has 1 aliphatic carbocycles. The largest absolute Gasteiger partial charge is 0.234 e. The first kappa shape index (κ1) is 36.8. The minimum atomic E-state index is 0.654. The lowest BCUT2D eigenvalue weighted by atomic mass is 9.63. The predicted molar refractivity (Wildman–Crippen MR) is 171 cm³/mol. The zero-order valence-electron chi connectivity index (χ0n) is 26.8. The van der Waals surface area contributed by atoms with Crippen LogP contribution in [0.1, 0.15) is 181 Å². The van der Waals surface area contributed by atoms with E-state index in [-0.39, 0.29) is 0 Å². The van der Waals surface area contributed by atoms with Crippen molar-refractivity contribution >= 4 is 12.2 Å². The van der Waals surface area contributed by atoms with Gasteiger partial charge in [0.2, 0.25) is 12.2 Å². The van der Waals surface area contributed by atoms with Gasteiger partial charge in [-0.15, -0.1) is 0 Å². The number of hydrogen-bond acceptors (Lipinski definition) is 4. The lowest BCUT2D eigenvalue weighted by Gasteiger charge is -2.42. The fourth-order valence-corrected chi connectivity index (χ4v) is 7.33. The number of carbonyl (C=O) groups excluding carboxylic acids is 2. The Morgan fingerprint density at radius 1 is 0.425 bits per heavy atom. The fraction of sp³-hybridized carbons (Fsp3) is 0.944. The summed E-state index contributed by atoms with van der Waals surface area (Å²) in [5.74, 6) is 3.86. The van der Waals surface area contributed by atoms with Crippen LogP contribution in [0, 0.1) is 23.7 Å². The van der Waals surface area contributed by atoms with Crippen LogP contribution >= 0.6 is 0 Å². The summed E-state index contributed by atoms with van der Waals surface area (Å²) in [5, 5.41) is 0. The molecule has 4 nitrogen and oxygen atoms in total. The number of nitrogens with zero attached hydrogens (tertiary/aromatic N) is 2. The Bertz CT molecular complexity index is 597. The number of isocyanates is 2. The summed E-state index contributed by atoms with van der Waals surface area (Å²) in [6.45, 7) is 5.97. The van der Waals surface area contributed by atoms with Crippen molar-refractivity contribution in [1.82, 2.24) is 0 Å². The van der Waals surface area contributed by atoms with E-state index in [1.54, 1.807) is 12.2 Å². The summed E-state index contributed by atoms with van der Waals surface area (Å²) in [6.07, 6.45) is 38.7. The summed E-state index contributed by atoms with van der Waals surface area (Å²) in [6, 6.07) is 0. The molecule has 232 valence electrons. The van der Waals surface area contributed by atoms with Crippen LogP contribution in [0.15, 0.2) is 9.98 Å². The van der Waals surface area contributed by atoms with Crippen LogP contribution in [0.5, 0.6) is 0 Å². The van der Waals surface area contributed by atoms with Gasteiger partial charge in [0.1, 0.15) is 0 Å². The zero-order chi connectivity index (χ0) is 28.9. The third-order valence-corrected chi connectivity index (χ3v) is 9.72. The first-order valence-corrected chi connectivity index (χ1v) is 17.8. The molecule has 0 amide bonds. The number of rotatable bonds is 28. The highest BCUT2D eigenvalue weighted by molar-refractivity contribution is 5.32. The number of hydrogen-bond donors (Lipinski definition) is 0. The molecule has 0 aromatic heterocycles. The Labute approximate surface area is 249 Å². The van der Waals surface area contributed by atoms with E-state index in [1.807, 2.05) is 0 Å². The molecule has 4 atom stereocenters. The molecule has 1 aliphatic rings. The van der Waals surface area contributed by atoms with Crippen LogP contribution in [0.25, 0.3) is 0 Å². The van der Waals surface area contributed by atoms with Crippen molar-refractivity contribution in [3.8, 4) is 0 Å². The van der Waals surface area contributed by atoms with Crippen molar-refractivity contribution in [3.05, 3.63) is 0 Å². The molecule has 0 aromatic carbocycles. The maximum Gasteiger partial charge on any atom is 0.234 e. The van der Waals surface area contributed by atoms with Crippen LogP contribution in [0.4, 0.5) is 0 Å². The molecule has 1 rings (SSSR count). The van der Waals surface area contributed by atoms with E-state index in [9.17, 15) is 9.59 Å². The Morgan fingerprint density at radius 2 is 0.700 bits per heavy atom. The van der Waals surface area contributed by atoms with Gasteiger partial charge in [-0.3, -0.25) is 0 Å². The molecule has 1 fully saturated rings. The van der Waals surface area contributed by atoms with Crippen LogP contribution < -0.4 is 0 Å². The van der Waals surface area contributed by atoms with Crippen molar-refractivity contribution in [1.29, 1.82) is 0 Å². The Kier molecular flexibility index (Phi) is 25.7. The monoisotopic (exact) mass is 559 g/mol. The van der Waals surface area contributed by atoms with E-state index in [2.05, 4.69) is 23.8 Å². The molecule has 0 N–H and O–H groups in total. The first-order chi connectivity index (χ1) is 19.8. The van der Waals surface area contributed by atoms with Crippen LogP contribution in [0.3, 0.4) is 0 Å². The van der Waals surface area contributed by atoms with Gasteiger partial charge in [-0.25, -0.2) is 19.6 Å². The third-order valence-electron chi connectivity index (χ3n) is 9.72. The summed E-state index contributed by atoms with van der Waals surface area (Å²) >= 11 is 0. The van der Waals surface area contributed by atoms with Crippen LogP contribution in [0.2, 0.25) is 0 Å². The molecule has 0 radical (unpaired) electrons. The van der Waals surface area contributed by atoms with E-state index in [0.717, 1.165) is 36.5 Å². The van der Waals surface area contributed by atoms with Crippen molar-refractivity contribution in [2.45, 2.75) is 181 Å². The van der Waals surface area contributed by atoms with Gasteiger partial charge in [0.05, 0.1) is 13.1 Å². The summed E-state index contributed by atoms with van der Waals surface area (Å²) in [7, 11) is 0. The number of unbranched alkanes of at least 4 members (excludes halogenated alkanes) is 16. The standard InChI is InChI=1S/C36H66N2O2/c1-3-5-7-17-23-33-29-35(25-19-13-9-11-15-21-27-37-31-39)36(30-34(33)24-18-8-6-4-2)26-20-14-10-12-16-22-28-38-32-40/h33-36H,3-30H2,1-2H3. The topological polar surface area (TPSA) is 58.9 Å². The highest BCUT2D eigenvalue weighted by atomic mass is 16.1. The third kappa shape index (κ3) is 19.8. The molecule has 0 aromatic rings. The molecule has 4 heteroatoms.